The highest BCUT2D eigenvalue weighted by Gasteiger charge is 2.30. The molecule has 2 heterocycles. The normalized spacial score (nSPS) is 17.1. The molecule has 2 aromatic rings. The van der Waals surface area contributed by atoms with Gasteiger partial charge in [-0.2, -0.15) is 4.31 Å². The Balaban J connectivity index is 1.52. The number of hydrogen-bond donors (Lipinski definition) is 2. The highest BCUT2D eigenvalue weighted by molar-refractivity contribution is 7.89. The second kappa shape index (κ2) is 8.89. The molecule has 32 heavy (non-hydrogen) atoms. The average Bonchev–Trinajstić information content (AvgIpc) is 3.32. The third kappa shape index (κ3) is 4.47. The maximum Gasteiger partial charge on any atom is 0.292 e. The minimum atomic E-state index is -3.76. The van der Waals surface area contributed by atoms with Gasteiger partial charge in [0, 0.05) is 18.8 Å². The van der Waals surface area contributed by atoms with Gasteiger partial charge in [-0.1, -0.05) is 29.3 Å². The van der Waals surface area contributed by atoms with Crippen LogP contribution in [0.4, 0.5) is 11.4 Å². The summed E-state index contributed by atoms with van der Waals surface area (Å²) >= 11 is 6.16. The minimum Gasteiger partial charge on any atom is -0.319 e. The zero-order valence-corrected chi connectivity index (χ0v) is 18.9. The molecule has 2 N–H and O–H groups in total. The molecule has 1 fully saturated rings. The number of halogens is 1. The third-order valence-corrected chi connectivity index (χ3v) is 7.60. The number of nitrogens with zero attached hydrogens (tertiary/aromatic N) is 3. The molecule has 4 rings (SSSR count). The number of hydrazine groups is 1. The summed E-state index contributed by atoms with van der Waals surface area (Å²) in [5.74, 6) is -0.985. The number of hydrogen-bond acceptors (Lipinski definition) is 6. The molecule has 2 aliphatic heterocycles. The summed E-state index contributed by atoms with van der Waals surface area (Å²) in [6, 6.07) is 11.5. The van der Waals surface area contributed by atoms with Gasteiger partial charge >= 0.3 is 0 Å². The van der Waals surface area contributed by atoms with Crippen molar-refractivity contribution in [2.45, 2.75) is 24.7 Å². The molecule has 11 heteroatoms. The minimum absolute atomic E-state index is 0.0612. The summed E-state index contributed by atoms with van der Waals surface area (Å²) in [5.41, 5.74) is 4.59. The molecule has 9 nitrogen and oxygen atoms in total. The fourth-order valence-electron chi connectivity index (χ4n) is 3.48. The van der Waals surface area contributed by atoms with Crippen LogP contribution >= 0.6 is 11.6 Å². The number of amidine groups is 1. The van der Waals surface area contributed by atoms with E-state index in [0.29, 0.717) is 18.8 Å². The van der Waals surface area contributed by atoms with Gasteiger partial charge in [0.2, 0.25) is 15.9 Å². The quantitative estimate of drug-likeness (QED) is 0.689. The molecule has 2 amide bonds. The van der Waals surface area contributed by atoms with Gasteiger partial charge in [-0.05, 0) is 50.1 Å². The van der Waals surface area contributed by atoms with Gasteiger partial charge in [-0.3, -0.25) is 20.0 Å². The summed E-state index contributed by atoms with van der Waals surface area (Å²) in [4.78, 5) is 29.0. The van der Waals surface area contributed by atoms with Crippen LogP contribution in [0.25, 0.3) is 0 Å². The predicted molar refractivity (Wildman–Crippen MR) is 122 cm³/mol. The van der Waals surface area contributed by atoms with Crippen LogP contribution in [-0.4, -0.2) is 50.0 Å². The first-order chi connectivity index (χ1) is 15.3. The lowest BCUT2D eigenvalue weighted by atomic mass is 10.2. The Kier molecular flexibility index (Phi) is 6.18. The number of aliphatic imine (C=N–C) groups is 1. The zero-order chi connectivity index (χ0) is 22.9. The van der Waals surface area contributed by atoms with E-state index >= 15 is 0 Å². The number of nitrogens with one attached hydrogen (secondary N) is 2. The van der Waals surface area contributed by atoms with Crippen LogP contribution in [-0.2, 0) is 19.6 Å². The fourth-order valence-corrected chi connectivity index (χ4v) is 5.50. The molecule has 0 saturated carbocycles. The largest absolute Gasteiger partial charge is 0.319 e. The number of anilines is 2. The monoisotopic (exact) mass is 475 g/mol. The Labute approximate surface area is 191 Å². The van der Waals surface area contributed by atoms with Crippen molar-refractivity contribution < 1.29 is 18.0 Å². The Bertz CT molecular complexity index is 1190. The Morgan fingerprint density at radius 3 is 2.50 bits per heavy atom. The Morgan fingerprint density at radius 1 is 1.12 bits per heavy atom. The van der Waals surface area contributed by atoms with E-state index in [2.05, 4.69) is 15.7 Å². The highest BCUT2D eigenvalue weighted by Crippen LogP contribution is 2.29. The summed E-state index contributed by atoms with van der Waals surface area (Å²) in [7, 11) is -3.76. The number of carbonyl (C=O) groups excluding carboxylic acids is 2. The number of sulfonamides is 1. The summed E-state index contributed by atoms with van der Waals surface area (Å²) in [6.07, 6.45) is 1.60. The summed E-state index contributed by atoms with van der Waals surface area (Å²) in [5, 5.41) is 3.97. The second-order valence-electron chi connectivity index (χ2n) is 7.55. The first kappa shape index (κ1) is 22.3. The van der Waals surface area contributed by atoms with Gasteiger partial charge in [0.1, 0.15) is 11.4 Å². The summed E-state index contributed by atoms with van der Waals surface area (Å²) < 4.78 is 27.2. The Morgan fingerprint density at radius 2 is 1.81 bits per heavy atom. The topological polar surface area (TPSA) is 111 Å². The molecule has 0 aromatic heterocycles. The van der Waals surface area contributed by atoms with Crippen LogP contribution in [0.3, 0.4) is 0 Å². The molecule has 0 bridgehead atoms. The molecular formula is C21H22ClN5O4S. The van der Waals surface area contributed by atoms with Crippen LogP contribution in [0.2, 0.25) is 5.02 Å². The molecule has 1 saturated heterocycles. The van der Waals surface area contributed by atoms with E-state index in [1.165, 1.54) is 27.5 Å². The number of benzene rings is 2. The Hall–Kier alpha value is -2.95. The lowest BCUT2D eigenvalue weighted by molar-refractivity contribution is -0.118. The molecule has 0 unspecified atom stereocenters. The fraction of sp³-hybridized carbons (Fsp3) is 0.286. The van der Waals surface area contributed by atoms with Crippen molar-refractivity contribution >= 4 is 50.6 Å². The van der Waals surface area contributed by atoms with Gasteiger partial charge in [0.05, 0.1) is 10.7 Å². The molecule has 2 aliphatic rings. The van der Waals surface area contributed by atoms with E-state index in [9.17, 15) is 18.0 Å². The van der Waals surface area contributed by atoms with E-state index in [-0.39, 0.29) is 33.9 Å². The van der Waals surface area contributed by atoms with Crippen molar-refractivity contribution in [2.75, 3.05) is 30.0 Å². The lowest BCUT2D eigenvalue weighted by Crippen LogP contribution is -2.54. The van der Waals surface area contributed by atoms with E-state index in [1.54, 1.807) is 12.1 Å². The number of rotatable bonds is 5. The standard InChI is InChI=1S/C21H22ClN5O4S/c1-14-4-7-16(8-5-14)27-19(28)13-23-20(25-27)21(29)24-15-6-9-17(22)18(12-15)32(30,31)26-10-2-3-11-26/h4-9,12H,2-3,10-11,13H2,1H3,(H,23,25)(H,24,29). The van der Waals surface area contributed by atoms with Gasteiger partial charge < -0.3 is 5.32 Å². The molecule has 2 aromatic carbocycles. The van der Waals surface area contributed by atoms with Gasteiger partial charge in [-0.25, -0.2) is 13.4 Å². The van der Waals surface area contributed by atoms with E-state index in [1.807, 2.05) is 19.1 Å². The lowest BCUT2D eigenvalue weighted by Gasteiger charge is -2.27. The molecule has 0 spiro atoms. The number of carbonyl (C=O) groups is 2. The van der Waals surface area contributed by atoms with E-state index in [4.69, 9.17) is 11.6 Å². The van der Waals surface area contributed by atoms with E-state index < -0.39 is 15.9 Å². The van der Waals surface area contributed by atoms with Crippen LogP contribution in [0.1, 0.15) is 18.4 Å². The maximum absolute atomic E-state index is 12.9. The van der Waals surface area contributed by atoms with Crippen LogP contribution < -0.4 is 15.8 Å². The molecule has 168 valence electrons. The first-order valence-corrected chi connectivity index (χ1v) is 11.9. The van der Waals surface area contributed by atoms with Gasteiger partial charge in [0.25, 0.3) is 11.8 Å². The number of amides is 2. The van der Waals surface area contributed by atoms with Crippen LogP contribution in [0.15, 0.2) is 52.4 Å². The second-order valence-corrected chi connectivity index (χ2v) is 9.87. The van der Waals surface area contributed by atoms with Crippen LogP contribution in [0.5, 0.6) is 0 Å². The van der Waals surface area contributed by atoms with Gasteiger partial charge in [-0.15, -0.1) is 0 Å². The molecule has 0 aliphatic carbocycles. The van der Waals surface area contributed by atoms with Gasteiger partial charge in [0.15, 0.2) is 0 Å². The smallest absolute Gasteiger partial charge is 0.292 e. The van der Waals surface area contributed by atoms with Crippen molar-refractivity contribution in [1.29, 1.82) is 0 Å². The zero-order valence-electron chi connectivity index (χ0n) is 17.3. The van der Waals surface area contributed by atoms with Crippen molar-refractivity contribution in [2.24, 2.45) is 4.99 Å². The summed E-state index contributed by atoms with van der Waals surface area (Å²) in [6.45, 7) is 2.62. The van der Waals surface area contributed by atoms with E-state index in [0.717, 1.165) is 18.4 Å². The van der Waals surface area contributed by atoms with Crippen molar-refractivity contribution in [1.82, 2.24) is 9.73 Å². The van der Waals surface area contributed by atoms with Crippen LogP contribution in [0, 0.1) is 6.92 Å². The van der Waals surface area contributed by atoms with Crippen molar-refractivity contribution in [3.05, 3.63) is 53.1 Å². The van der Waals surface area contributed by atoms with Crippen molar-refractivity contribution in [3.8, 4) is 0 Å². The highest BCUT2D eigenvalue weighted by atomic mass is 35.5. The first-order valence-electron chi connectivity index (χ1n) is 10.1. The molecule has 0 radical (unpaired) electrons. The van der Waals surface area contributed by atoms with Crippen molar-refractivity contribution in [3.63, 3.8) is 0 Å². The number of aryl methyl sites for hydroxylation is 1. The SMILES string of the molecule is Cc1ccc(N2NC(C(=O)Nc3ccc(Cl)c(S(=O)(=O)N4CCCC4)c3)=NCC2=O)cc1. The molecular weight excluding hydrogens is 454 g/mol. The average molecular weight is 476 g/mol. The molecule has 0 atom stereocenters. The maximum atomic E-state index is 12.9. The third-order valence-electron chi connectivity index (χ3n) is 5.22. The predicted octanol–water partition coefficient (Wildman–Crippen LogP) is 2.32.